The first-order chi connectivity index (χ1) is 8.10. The van der Waals surface area contributed by atoms with Crippen molar-refractivity contribution in [1.29, 1.82) is 0 Å². The SMILES string of the molecule is CCCCCCC(=O)NC1(C(N)=S)CCCC1. The van der Waals surface area contributed by atoms with Crippen LogP contribution < -0.4 is 11.1 Å². The monoisotopic (exact) mass is 256 g/mol. The molecule has 0 atom stereocenters. The summed E-state index contributed by atoms with van der Waals surface area (Å²) in [5.74, 6) is 0.107. The highest BCUT2D eigenvalue weighted by atomic mass is 32.1. The first-order valence-corrected chi connectivity index (χ1v) is 7.12. The van der Waals surface area contributed by atoms with Crippen LogP contribution in [0, 0.1) is 0 Å². The van der Waals surface area contributed by atoms with E-state index in [9.17, 15) is 4.79 Å². The van der Waals surface area contributed by atoms with Crippen molar-refractivity contribution in [2.24, 2.45) is 5.73 Å². The fraction of sp³-hybridized carbons (Fsp3) is 0.846. The van der Waals surface area contributed by atoms with Gasteiger partial charge in [-0.05, 0) is 19.3 Å². The number of nitrogens with two attached hydrogens (primary N) is 1. The molecule has 1 saturated carbocycles. The molecule has 0 bridgehead atoms. The molecule has 0 aromatic rings. The van der Waals surface area contributed by atoms with E-state index in [1.807, 2.05) is 0 Å². The molecular formula is C13H24N2OS. The van der Waals surface area contributed by atoms with Gasteiger partial charge in [0, 0.05) is 6.42 Å². The lowest BCUT2D eigenvalue weighted by Crippen LogP contribution is -2.54. The topological polar surface area (TPSA) is 55.1 Å². The Morgan fingerprint density at radius 2 is 1.94 bits per heavy atom. The van der Waals surface area contributed by atoms with E-state index < -0.39 is 0 Å². The standard InChI is InChI=1S/C13H24N2OS/c1-2-3-4-5-8-11(16)15-13(12(14)17)9-6-7-10-13/h2-10H2,1H3,(H2,14,17)(H,15,16). The van der Waals surface area contributed by atoms with Crippen LogP contribution in [0.5, 0.6) is 0 Å². The Balaban J connectivity index is 2.35. The molecule has 0 spiro atoms. The van der Waals surface area contributed by atoms with Gasteiger partial charge in [-0.2, -0.15) is 0 Å². The van der Waals surface area contributed by atoms with E-state index in [-0.39, 0.29) is 11.4 Å². The largest absolute Gasteiger partial charge is 0.391 e. The third kappa shape index (κ3) is 4.26. The summed E-state index contributed by atoms with van der Waals surface area (Å²) in [6.07, 6.45) is 9.11. The smallest absolute Gasteiger partial charge is 0.220 e. The van der Waals surface area contributed by atoms with E-state index in [1.54, 1.807) is 0 Å². The average molecular weight is 256 g/mol. The zero-order chi connectivity index (χ0) is 12.7. The number of hydrogen-bond acceptors (Lipinski definition) is 2. The number of nitrogens with one attached hydrogen (secondary N) is 1. The number of carbonyl (C=O) groups excluding carboxylic acids is 1. The Hall–Kier alpha value is -0.640. The minimum absolute atomic E-state index is 0.107. The van der Waals surface area contributed by atoms with E-state index in [0.29, 0.717) is 11.4 Å². The van der Waals surface area contributed by atoms with Crippen LogP contribution in [0.15, 0.2) is 0 Å². The van der Waals surface area contributed by atoms with Gasteiger partial charge in [-0.3, -0.25) is 4.79 Å². The van der Waals surface area contributed by atoms with Gasteiger partial charge >= 0.3 is 0 Å². The Bertz CT molecular complexity index is 273. The highest BCUT2D eigenvalue weighted by molar-refractivity contribution is 7.80. The highest BCUT2D eigenvalue weighted by Gasteiger charge is 2.37. The number of thiocarbonyl (C=S) groups is 1. The van der Waals surface area contributed by atoms with Crippen molar-refractivity contribution in [2.75, 3.05) is 0 Å². The van der Waals surface area contributed by atoms with Crippen LogP contribution in [0.3, 0.4) is 0 Å². The quantitative estimate of drug-likeness (QED) is 0.544. The minimum Gasteiger partial charge on any atom is -0.391 e. The summed E-state index contributed by atoms with van der Waals surface area (Å²) < 4.78 is 0. The number of rotatable bonds is 7. The molecule has 1 aliphatic carbocycles. The maximum Gasteiger partial charge on any atom is 0.220 e. The predicted molar refractivity (Wildman–Crippen MR) is 74.9 cm³/mol. The summed E-state index contributed by atoms with van der Waals surface area (Å²) in [5.41, 5.74) is 5.40. The van der Waals surface area contributed by atoms with Crippen LogP contribution in [-0.4, -0.2) is 16.4 Å². The lowest BCUT2D eigenvalue weighted by molar-refractivity contribution is -0.122. The fourth-order valence-electron chi connectivity index (χ4n) is 2.45. The third-order valence-electron chi connectivity index (χ3n) is 3.56. The van der Waals surface area contributed by atoms with Crippen LogP contribution in [0.25, 0.3) is 0 Å². The Kier molecular flexibility index (Phi) is 5.89. The molecule has 17 heavy (non-hydrogen) atoms. The van der Waals surface area contributed by atoms with Crippen LogP contribution in [0.1, 0.15) is 64.7 Å². The van der Waals surface area contributed by atoms with Crippen LogP contribution >= 0.6 is 12.2 Å². The van der Waals surface area contributed by atoms with Gasteiger partial charge in [0.2, 0.25) is 5.91 Å². The van der Waals surface area contributed by atoms with Crippen LogP contribution in [-0.2, 0) is 4.79 Å². The third-order valence-corrected chi connectivity index (χ3v) is 3.96. The fourth-order valence-corrected chi connectivity index (χ4v) is 2.71. The van der Waals surface area contributed by atoms with E-state index in [1.165, 1.54) is 12.8 Å². The number of amides is 1. The zero-order valence-electron chi connectivity index (χ0n) is 10.8. The van der Waals surface area contributed by atoms with Crippen LogP contribution in [0.2, 0.25) is 0 Å². The molecule has 0 heterocycles. The molecular weight excluding hydrogens is 232 g/mol. The Morgan fingerprint density at radius 1 is 1.29 bits per heavy atom. The second-order valence-corrected chi connectivity index (χ2v) is 5.45. The summed E-state index contributed by atoms with van der Waals surface area (Å²) in [6.45, 7) is 2.17. The maximum atomic E-state index is 11.8. The summed E-state index contributed by atoms with van der Waals surface area (Å²) in [4.78, 5) is 12.3. The van der Waals surface area contributed by atoms with Crippen molar-refractivity contribution in [1.82, 2.24) is 5.32 Å². The molecule has 0 radical (unpaired) electrons. The summed E-state index contributed by atoms with van der Waals surface area (Å²) in [7, 11) is 0. The molecule has 3 nitrogen and oxygen atoms in total. The molecule has 4 heteroatoms. The lowest BCUT2D eigenvalue weighted by Gasteiger charge is -2.29. The second-order valence-electron chi connectivity index (χ2n) is 5.01. The van der Waals surface area contributed by atoms with Crippen molar-refractivity contribution >= 4 is 23.1 Å². The van der Waals surface area contributed by atoms with E-state index in [2.05, 4.69) is 12.2 Å². The first kappa shape index (κ1) is 14.4. The van der Waals surface area contributed by atoms with Crippen molar-refractivity contribution in [3.05, 3.63) is 0 Å². The average Bonchev–Trinajstić information content (AvgIpc) is 2.74. The maximum absolute atomic E-state index is 11.8. The molecule has 0 saturated heterocycles. The van der Waals surface area contributed by atoms with Gasteiger partial charge in [0.15, 0.2) is 0 Å². The molecule has 1 aliphatic rings. The molecule has 0 aliphatic heterocycles. The molecule has 1 amide bonds. The van der Waals surface area contributed by atoms with Gasteiger partial charge < -0.3 is 11.1 Å². The summed E-state index contributed by atoms with van der Waals surface area (Å²) in [6, 6.07) is 0. The molecule has 98 valence electrons. The normalized spacial score (nSPS) is 17.9. The Morgan fingerprint density at radius 3 is 2.47 bits per heavy atom. The van der Waals surface area contributed by atoms with Crippen LogP contribution in [0.4, 0.5) is 0 Å². The molecule has 1 rings (SSSR count). The summed E-state index contributed by atoms with van der Waals surface area (Å²) >= 11 is 5.10. The van der Waals surface area contributed by atoms with Gasteiger partial charge in [-0.25, -0.2) is 0 Å². The van der Waals surface area contributed by atoms with Gasteiger partial charge in [-0.15, -0.1) is 0 Å². The van der Waals surface area contributed by atoms with E-state index >= 15 is 0 Å². The zero-order valence-corrected chi connectivity index (χ0v) is 11.6. The van der Waals surface area contributed by atoms with Crippen molar-refractivity contribution in [3.63, 3.8) is 0 Å². The van der Waals surface area contributed by atoms with Crippen molar-refractivity contribution in [2.45, 2.75) is 70.3 Å². The molecule has 0 aromatic heterocycles. The molecule has 0 aromatic carbocycles. The second kappa shape index (κ2) is 6.94. The number of hydrogen-bond donors (Lipinski definition) is 2. The molecule has 3 N–H and O–H groups in total. The van der Waals surface area contributed by atoms with E-state index in [0.717, 1.165) is 38.5 Å². The first-order valence-electron chi connectivity index (χ1n) is 6.71. The van der Waals surface area contributed by atoms with Crippen molar-refractivity contribution in [3.8, 4) is 0 Å². The van der Waals surface area contributed by atoms with E-state index in [4.69, 9.17) is 18.0 Å². The predicted octanol–water partition coefficient (Wildman–Crippen LogP) is 2.67. The van der Waals surface area contributed by atoms with Gasteiger partial charge in [-0.1, -0.05) is 51.2 Å². The minimum atomic E-state index is -0.378. The van der Waals surface area contributed by atoms with Gasteiger partial charge in [0.1, 0.15) is 0 Å². The highest BCUT2D eigenvalue weighted by Crippen LogP contribution is 2.30. The lowest BCUT2D eigenvalue weighted by atomic mass is 9.97. The number of unbranched alkanes of at least 4 members (excludes halogenated alkanes) is 3. The van der Waals surface area contributed by atoms with Gasteiger partial charge in [0.25, 0.3) is 0 Å². The number of carbonyl (C=O) groups is 1. The summed E-state index contributed by atoms with van der Waals surface area (Å²) in [5, 5.41) is 3.06. The molecule has 0 unspecified atom stereocenters. The Labute approximate surface area is 110 Å². The molecule has 1 fully saturated rings. The van der Waals surface area contributed by atoms with Gasteiger partial charge in [0.05, 0.1) is 10.5 Å². The van der Waals surface area contributed by atoms with Crippen molar-refractivity contribution < 1.29 is 4.79 Å².